The molecular weight excluding hydrogens is 354 g/mol. The van der Waals surface area contributed by atoms with Crippen LogP contribution in [-0.4, -0.2) is 22.6 Å². The molecule has 0 saturated heterocycles. The van der Waals surface area contributed by atoms with Crippen molar-refractivity contribution in [2.24, 2.45) is 5.41 Å². The van der Waals surface area contributed by atoms with Crippen molar-refractivity contribution in [3.63, 3.8) is 0 Å². The van der Waals surface area contributed by atoms with Crippen molar-refractivity contribution in [1.82, 2.24) is 4.90 Å². The average molecular weight is 390 g/mol. The largest absolute Gasteiger partial charge is 0.373 e. The lowest BCUT2D eigenvalue weighted by molar-refractivity contribution is -0.0422. The lowest BCUT2D eigenvalue weighted by Crippen LogP contribution is -2.43. The van der Waals surface area contributed by atoms with Crippen molar-refractivity contribution < 1.29 is 5.11 Å². The van der Waals surface area contributed by atoms with E-state index in [9.17, 15) is 5.11 Å². The molecule has 2 aromatic carbocycles. The summed E-state index contributed by atoms with van der Waals surface area (Å²) < 4.78 is 0. The first-order valence-corrected chi connectivity index (χ1v) is 11.1. The topological polar surface area (TPSA) is 23.5 Å². The third-order valence-corrected chi connectivity index (χ3v) is 6.71. The Morgan fingerprint density at radius 2 is 1.59 bits per heavy atom. The van der Waals surface area contributed by atoms with Gasteiger partial charge in [0.05, 0.1) is 6.54 Å². The molecule has 1 atom stereocenters. The minimum atomic E-state index is -1.09. The highest BCUT2D eigenvalue weighted by molar-refractivity contribution is 5.36. The third kappa shape index (κ3) is 4.74. The Bertz CT molecular complexity index is 812. The van der Waals surface area contributed by atoms with E-state index in [4.69, 9.17) is 0 Å². The average Bonchev–Trinajstić information content (AvgIpc) is 3.25. The number of nitrogens with zero attached hydrogens (tertiary/aromatic N) is 1. The van der Waals surface area contributed by atoms with E-state index in [2.05, 4.69) is 67.8 Å². The van der Waals surface area contributed by atoms with E-state index in [0.717, 1.165) is 31.4 Å². The van der Waals surface area contributed by atoms with E-state index >= 15 is 0 Å². The molecule has 154 valence electrons. The molecule has 0 unspecified atom stereocenters. The molecule has 0 bridgehead atoms. The van der Waals surface area contributed by atoms with Gasteiger partial charge in [-0.3, -0.25) is 4.90 Å². The second kappa shape index (κ2) is 9.61. The van der Waals surface area contributed by atoms with Crippen molar-refractivity contribution in [3.8, 4) is 11.8 Å². The Balaban J connectivity index is 1.88. The predicted molar refractivity (Wildman–Crippen MR) is 121 cm³/mol. The third-order valence-electron chi connectivity index (χ3n) is 6.71. The Morgan fingerprint density at radius 1 is 1.00 bits per heavy atom. The van der Waals surface area contributed by atoms with E-state index in [1.54, 1.807) is 0 Å². The highest BCUT2D eigenvalue weighted by atomic mass is 16.3. The summed E-state index contributed by atoms with van der Waals surface area (Å²) in [5, 5.41) is 12.0. The summed E-state index contributed by atoms with van der Waals surface area (Å²) in [6, 6.07) is 21.0. The minimum absolute atomic E-state index is 0.149. The van der Waals surface area contributed by atoms with Gasteiger partial charge in [-0.1, -0.05) is 92.3 Å². The molecule has 0 aromatic heterocycles. The van der Waals surface area contributed by atoms with Gasteiger partial charge in [0.1, 0.15) is 0 Å². The number of rotatable bonds is 7. The molecule has 0 amide bonds. The normalized spacial score (nSPS) is 17.7. The maximum atomic E-state index is 12.0. The molecule has 29 heavy (non-hydrogen) atoms. The molecule has 1 N–H and O–H groups in total. The van der Waals surface area contributed by atoms with E-state index in [1.807, 2.05) is 30.3 Å². The fraction of sp³-hybridized carbons (Fsp3) is 0.481. The zero-order valence-corrected chi connectivity index (χ0v) is 18.2. The van der Waals surface area contributed by atoms with E-state index < -0.39 is 5.60 Å². The predicted octanol–water partition coefficient (Wildman–Crippen LogP) is 5.76. The van der Waals surface area contributed by atoms with Gasteiger partial charge in [-0.25, -0.2) is 0 Å². The van der Waals surface area contributed by atoms with E-state index in [1.165, 1.54) is 18.4 Å². The molecule has 2 nitrogen and oxygen atoms in total. The second-order valence-electron chi connectivity index (χ2n) is 8.70. The minimum Gasteiger partial charge on any atom is -0.373 e. The molecule has 2 heteroatoms. The highest BCUT2D eigenvalue weighted by Crippen LogP contribution is 2.53. The highest BCUT2D eigenvalue weighted by Gasteiger charge is 2.50. The SMILES string of the molecule is CCC1([C@](O)(C#CCN(Cc2ccccc2)C(C)C)c2ccccc2)CCCC1. The van der Waals surface area contributed by atoms with Gasteiger partial charge in [-0.05, 0) is 44.2 Å². The van der Waals surface area contributed by atoms with Gasteiger partial charge in [-0.15, -0.1) is 0 Å². The van der Waals surface area contributed by atoms with Crippen LogP contribution >= 0.6 is 0 Å². The smallest absolute Gasteiger partial charge is 0.156 e. The number of hydrogen-bond donors (Lipinski definition) is 1. The molecule has 3 rings (SSSR count). The molecule has 1 saturated carbocycles. The first-order valence-electron chi connectivity index (χ1n) is 11.1. The summed E-state index contributed by atoms with van der Waals surface area (Å²) in [6.07, 6.45) is 5.39. The zero-order chi connectivity index (χ0) is 20.7. The molecular formula is C27H35NO. The molecule has 2 aromatic rings. The fourth-order valence-electron chi connectivity index (χ4n) is 4.72. The summed E-state index contributed by atoms with van der Waals surface area (Å²) in [6.45, 7) is 8.14. The van der Waals surface area contributed by atoms with Gasteiger partial charge in [0.25, 0.3) is 0 Å². The molecule has 0 aliphatic heterocycles. The van der Waals surface area contributed by atoms with Crippen LogP contribution in [0.15, 0.2) is 60.7 Å². The molecule has 1 aliphatic rings. The Hall–Kier alpha value is -2.08. The first kappa shape index (κ1) is 21.6. The summed E-state index contributed by atoms with van der Waals surface area (Å²) in [5.41, 5.74) is 0.996. The van der Waals surface area contributed by atoms with Crippen LogP contribution in [0.1, 0.15) is 64.0 Å². The van der Waals surface area contributed by atoms with E-state index in [0.29, 0.717) is 12.6 Å². The van der Waals surface area contributed by atoms with Crippen LogP contribution in [0.2, 0.25) is 0 Å². The number of hydrogen-bond acceptors (Lipinski definition) is 2. The summed E-state index contributed by atoms with van der Waals surface area (Å²) in [5.74, 6) is 6.77. The van der Waals surface area contributed by atoms with Crippen LogP contribution in [0.3, 0.4) is 0 Å². The van der Waals surface area contributed by atoms with Crippen LogP contribution in [0.5, 0.6) is 0 Å². The molecule has 0 radical (unpaired) electrons. The van der Waals surface area contributed by atoms with Crippen LogP contribution in [-0.2, 0) is 12.1 Å². The Morgan fingerprint density at radius 3 is 2.14 bits per heavy atom. The summed E-state index contributed by atoms with van der Waals surface area (Å²) in [7, 11) is 0. The quantitative estimate of drug-likeness (QED) is 0.609. The van der Waals surface area contributed by atoms with Crippen molar-refractivity contribution >= 4 is 0 Å². The maximum absolute atomic E-state index is 12.0. The second-order valence-corrected chi connectivity index (χ2v) is 8.70. The van der Waals surface area contributed by atoms with Gasteiger partial charge in [0, 0.05) is 18.0 Å². The molecule has 0 heterocycles. The van der Waals surface area contributed by atoms with Crippen LogP contribution in [0.25, 0.3) is 0 Å². The zero-order valence-electron chi connectivity index (χ0n) is 18.2. The van der Waals surface area contributed by atoms with Crippen LogP contribution in [0, 0.1) is 17.3 Å². The van der Waals surface area contributed by atoms with Gasteiger partial charge in [0.2, 0.25) is 0 Å². The van der Waals surface area contributed by atoms with Gasteiger partial charge < -0.3 is 5.11 Å². The lowest BCUT2D eigenvalue weighted by atomic mass is 9.65. The standard InChI is InChI=1S/C27H35NO/c1-4-26(18-11-12-19-26)27(29,25-16-9-6-10-17-25)20-13-21-28(23(2)3)22-24-14-7-5-8-15-24/h5-10,14-17,23,29H,4,11-12,18-19,21-22H2,1-3H3/t27-/m0/s1. The van der Waals surface area contributed by atoms with Gasteiger partial charge in [-0.2, -0.15) is 0 Å². The monoisotopic (exact) mass is 389 g/mol. The van der Waals surface area contributed by atoms with Gasteiger partial charge in [0.15, 0.2) is 5.60 Å². The number of aliphatic hydroxyl groups is 1. The molecule has 1 aliphatic carbocycles. The Labute approximate surface area is 177 Å². The lowest BCUT2D eigenvalue weighted by Gasteiger charge is -2.42. The van der Waals surface area contributed by atoms with Crippen molar-refractivity contribution in [3.05, 3.63) is 71.8 Å². The molecule has 0 spiro atoms. The maximum Gasteiger partial charge on any atom is 0.156 e. The molecule has 1 fully saturated rings. The summed E-state index contributed by atoms with van der Waals surface area (Å²) in [4.78, 5) is 2.36. The van der Waals surface area contributed by atoms with Gasteiger partial charge >= 0.3 is 0 Å². The van der Waals surface area contributed by atoms with Crippen LogP contribution in [0.4, 0.5) is 0 Å². The van der Waals surface area contributed by atoms with Crippen molar-refractivity contribution in [1.29, 1.82) is 0 Å². The summed E-state index contributed by atoms with van der Waals surface area (Å²) >= 11 is 0. The fourth-order valence-corrected chi connectivity index (χ4v) is 4.72. The van der Waals surface area contributed by atoms with E-state index in [-0.39, 0.29) is 5.41 Å². The van der Waals surface area contributed by atoms with Crippen molar-refractivity contribution in [2.45, 2.75) is 71.1 Å². The Kier molecular flexibility index (Phi) is 7.17. The van der Waals surface area contributed by atoms with Crippen LogP contribution < -0.4 is 0 Å². The number of benzene rings is 2. The van der Waals surface area contributed by atoms with Crippen molar-refractivity contribution in [2.75, 3.05) is 6.54 Å². The first-order chi connectivity index (χ1) is 14.0.